The molecule has 0 spiro atoms. The molecule has 1 aliphatic heterocycles. The van der Waals surface area contributed by atoms with Gasteiger partial charge in [0.25, 0.3) is 11.5 Å². The van der Waals surface area contributed by atoms with Crippen LogP contribution in [-0.4, -0.2) is 58.6 Å². The van der Waals surface area contributed by atoms with Crippen LogP contribution in [0, 0.1) is 0 Å². The Labute approximate surface area is 179 Å². The van der Waals surface area contributed by atoms with Crippen LogP contribution in [0.25, 0.3) is 11.0 Å². The van der Waals surface area contributed by atoms with Crippen molar-refractivity contribution >= 4 is 28.3 Å². The Morgan fingerprint density at radius 2 is 1.90 bits per heavy atom. The molecule has 0 aliphatic carbocycles. The van der Waals surface area contributed by atoms with Gasteiger partial charge in [-0.25, -0.2) is 9.78 Å². The SMILES string of the molecule is CCCn1c(=O)[nH]c(=O)c2cc(C(=O)Nc3ccccc3N3CCN(C)CC3)cnc21. The molecule has 2 N–H and O–H groups in total. The number of amides is 1. The number of hydrogen-bond acceptors (Lipinski definition) is 6. The van der Waals surface area contributed by atoms with Gasteiger partial charge in [-0.1, -0.05) is 19.1 Å². The zero-order valence-corrected chi connectivity index (χ0v) is 17.7. The molecule has 0 bridgehead atoms. The number of benzene rings is 1. The fourth-order valence-electron chi connectivity index (χ4n) is 3.82. The van der Waals surface area contributed by atoms with Gasteiger partial charge >= 0.3 is 5.69 Å². The van der Waals surface area contributed by atoms with E-state index in [1.54, 1.807) is 0 Å². The number of carbonyl (C=O) groups is 1. The molecule has 1 fully saturated rings. The highest BCUT2D eigenvalue weighted by atomic mass is 16.2. The summed E-state index contributed by atoms with van der Waals surface area (Å²) in [4.78, 5) is 48.5. The maximum absolute atomic E-state index is 13.0. The molecule has 0 radical (unpaired) electrons. The number of aromatic nitrogens is 3. The van der Waals surface area contributed by atoms with Crippen molar-refractivity contribution in [2.24, 2.45) is 0 Å². The smallest absolute Gasteiger partial charge is 0.329 e. The number of H-pyrrole nitrogens is 1. The van der Waals surface area contributed by atoms with Crippen molar-refractivity contribution in [2.75, 3.05) is 43.4 Å². The molecule has 9 heteroatoms. The minimum Gasteiger partial charge on any atom is -0.367 e. The number of nitrogens with one attached hydrogen (secondary N) is 2. The molecule has 3 aromatic rings. The summed E-state index contributed by atoms with van der Waals surface area (Å²) in [5.41, 5.74) is 1.17. The van der Waals surface area contributed by atoms with Gasteiger partial charge in [0.15, 0.2) is 0 Å². The van der Waals surface area contributed by atoms with Crippen molar-refractivity contribution in [3.8, 4) is 0 Å². The molecular weight excluding hydrogens is 396 g/mol. The third-order valence-corrected chi connectivity index (χ3v) is 5.54. The van der Waals surface area contributed by atoms with Gasteiger partial charge < -0.3 is 15.1 Å². The minimum atomic E-state index is -0.549. The van der Waals surface area contributed by atoms with Crippen LogP contribution >= 0.6 is 0 Å². The highest BCUT2D eigenvalue weighted by Crippen LogP contribution is 2.27. The summed E-state index contributed by atoms with van der Waals surface area (Å²) >= 11 is 0. The fraction of sp³-hybridized carbons (Fsp3) is 0.364. The van der Waals surface area contributed by atoms with Gasteiger partial charge in [-0.2, -0.15) is 0 Å². The zero-order valence-electron chi connectivity index (χ0n) is 17.7. The lowest BCUT2D eigenvalue weighted by Gasteiger charge is -2.35. The average molecular weight is 422 g/mol. The number of aromatic amines is 1. The number of pyridine rings is 1. The molecular formula is C22H26N6O3. The number of piperazine rings is 1. The Morgan fingerprint density at radius 1 is 1.16 bits per heavy atom. The summed E-state index contributed by atoms with van der Waals surface area (Å²) < 4.78 is 1.42. The Morgan fingerprint density at radius 3 is 2.65 bits per heavy atom. The van der Waals surface area contributed by atoms with Crippen LogP contribution in [0.3, 0.4) is 0 Å². The van der Waals surface area contributed by atoms with E-state index < -0.39 is 11.2 Å². The van der Waals surface area contributed by atoms with Gasteiger partial charge in [0.1, 0.15) is 5.65 Å². The van der Waals surface area contributed by atoms with Crippen LogP contribution in [0.4, 0.5) is 11.4 Å². The molecule has 4 rings (SSSR count). The van der Waals surface area contributed by atoms with Crippen molar-refractivity contribution in [3.05, 3.63) is 62.9 Å². The molecule has 2 aromatic heterocycles. The first-order chi connectivity index (χ1) is 15.0. The number of likely N-dealkylation sites (N-methyl/N-ethyl adjacent to an activating group) is 1. The Hall–Kier alpha value is -3.46. The van der Waals surface area contributed by atoms with Crippen molar-refractivity contribution in [3.63, 3.8) is 0 Å². The van der Waals surface area contributed by atoms with Crippen molar-refractivity contribution in [2.45, 2.75) is 19.9 Å². The molecule has 31 heavy (non-hydrogen) atoms. The van der Waals surface area contributed by atoms with Crippen LogP contribution in [0.15, 0.2) is 46.1 Å². The molecule has 162 valence electrons. The van der Waals surface area contributed by atoms with Gasteiger partial charge in [-0.15, -0.1) is 0 Å². The first kappa shape index (κ1) is 20.8. The predicted octanol–water partition coefficient (Wildman–Crippen LogP) is 1.50. The largest absolute Gasteiger partial charge is 0.367 e. The van der Waals surface area contributed by atoms with Gasteiger partial charge in [-0.05, 0) is 31.7 Å². The fourth-order valence-corrected chi connectivity index (χ4v) is 3.82. The number of nitrogens with zero attached hydrogens (tertiary/aromatic N) is 4. The van der Waals surface area contributed by atoms with Crippen LogP contribution in [-0.2, 0) is 6.54 Å². The minimum absolute atomic E-state index is 0.216. The summed E-state index contributed by atoms with van der Waals surface area (Å²) in [6, 6.07) is 9.18. The molecule has 1 aromatic carbocycles. The molecule has 0 saturated carbocycles. The van der Waals surface area contributed by atoms with E-state index in [9.17, 15) is 14.4 Å². The number of anilines is 2. The monoisotopic (exact) mass is 422 g/mol. The third kappa shape index (κ3) is 4.22. The quantitative estimate of drug-likeness (QED) is 0.646. The zero-order chi connectivity index (χ0) is 22.0. The molecule has 0 atom stereocenters. The molecule has 0 unspecified atom stereocenters. The average Bonchev–Trinajstić information content (AvgIpc) is 2.77. The molecule has 1 saturated heterocycles. The van der Waals surface area contributed by atoms with Crippen LogP contribution in [0.5, 0.6) is 0 Å². The van der Waals surface area contributed by atoms with Crippen LogP contribution < -0.4 is 21.5 Å². The van der Waals surface area contributed by atoms with Gasteiger partial charge in [0.05, 0.1) is 22.3 Å². The number of rotatable bonds is 5. The van der Waals surface area contributed by atoms with E-state index in [0.29, 0.717) is 18.7 Å². The molecule has 1 amide bonds. The number of aryl methyl sites for hydroxylation is 1. The van der Waals surface area contributed by atoms with E-state index >= 15 is 0 Å². The second kappa shape index (κ2) is 8.73. The third-order valence-electron chi connectivity index (χ3n) is 5.54. The maximum Gasteiger partial charge on any atom is 0.329 e. The van der Waals surface area contributed by atoms with E-state index in [-0.39, 0.29) is 22.5 Å². The van der Waals surface area contributed by atoms with E-state index in [0.717, 1.165) is 31.9 Å². The van der Waals surface area contributed by atoms with E-state index in [1.165, 1.54) is 16.8 Å². The van der Waals surface area contributed by atoms with Crippen molar-refractivity contribution in [1.29, 1.82) is 0 Å². The second-order valence-corrected chi connectivity index (χ2v) is 7.77. The highest BCUT2D eigenvalue weighted by Gasteiger charge is 2.19. The molecule has 9 nitrogen and oxygen atoms in total. The Bertz CT molecular complexity index is 1220. The molecule has 1 aliphatic rings. The summed E-state index contributed by atoms with van der Waals surface area (Å²) in [5, 5.41) is 3.17. The first-order valence-corrected chi connectivity index (χ1v) is 10.4. The van der Waals surface area contributed by atoms with Gasteiger partial charge in [-0.3, -0.25) is 19.1 Å². The summed E-state index contributed by atoms with van der Waals surface area (Å²) in [5.74, 6) is -0.358. The molecule has 3 heterocycles. The number of hydrogen-bond donors (Lipinski definition) is 2. The van der Waals surface area contributed by atoms with Crippen LogP contribution in [0.2, 0.25) is 0 Å². The normalized spacial score (nSPS) is 14.7. The van der Waals surface area contributed by atoms with Gasteiger partial charge in [0.2, 0.25) is 0 Å². The summed E-state index contributed by atoms with van der Waals surface area (Å²) in [6.45, 7) is 6.04. The van der Waals surface area contributed by atoms with Crippen molar-refractivity contribution < 1.29 is 4.79 Å². The van der Waals surface area contributed by atoms with E-state index in [2.05, 4.69) is 32.1 Å². The summed E-state index contributed by atoms with van der Waals surface area (Å²) in [7, 11) is 2.10. The second-order valence-electron chi connectivity index (χ2n) is 7.77. The predicted molar refractivity (Wildman–Crippen MR) is 121 cm³/mol. The topological polar surface area (TPSA) is 103 Å². The number of para-hydroxylation sites is 2. The summed E-state index contributed by atoms with van der Waals surface area (Å²) in [6.07, 6.45) is 2.12. The lowest BCUT2D eigenvalue weighted by Crippen LogP contribution is -2.44. The Kier molecular flexibility index (Phi) is 5.85. The lowest BCUT2D eigenvalue weighted by molar-refractivity contribution is 0.102. The van der Waals surface area contributed by atoms with E-state index in [1.807, 2.05) is 31.2 Å². The first-order valence-electron chi connectivity index (χ1n) is 10.4. The van der Waals surface area contributed by atoms with Gasteiger partial charge in [0, 0.05) is 38.9 Å². The lowest BCUT2D eigenvalue weighted by atomic mass is 10.2. The van der Waals surface area contributed by atoms with Crippen molar-refractivity contribution in [1.82, 2.24) is 19.4 Å². The maximum atomic E-state index is 13.0. The van der Waals surface area contributed by atoms with E-state index in [4.69, 9.17) is 0 Å². The highest BCUT2D eigenvalue weighted by molar-refractivity contribution is 6.07. The number of carbonyl (C=O) groups excluding carboxylic acids is 1. The van der Waals surface area contributed by atoms with Crippen LogP contribution in [0.1, 0.15) is 23.7 Å². The standard InChI is InChI=1S/C22H26N6O3/c1-3-8-28-19-16(21(30)25-22(28)31)13-15(14-23-19)20(29)24-17-6-4-5-7-18(17)27-11-9-26(2)10-12-27/h4-7,13-14H,3,8-12H2,1-2H3,(H,24,29)(H,25,30,31). The number of fused-ring (bicyclic) bond motifs is 1. The Balaban J connectivity index is 1.64.